The van der Waals surface area contributed by atoms with Crippen molar-refractivity contribution in [2.24, 2.45) is 10.9 Å². The molecular weight excluding hydrogens is 332 g/mol. The highest BCUT2D eigenvalue weighted by atomic mass is 32.2. The third-order valence-electron chi connectivity index (χ3n) is 6.13. The topological polar surface area (TPSA) is 48.9 Å². The Kier molecular flexibility index (Phi) is 7.74. The van der Waals surface area contributed by atoms with E-state index in [9.17, 15) is 0 Å². The lowest BCUT2D eigenvalue weighted by atomic mass is 9.95. The molecule has 0 aromatic carbocycles. The van der Waals surface area contributed by atoms with Crippen molar-refractivity contribution < 1.29 is 4.74 Å². The van der Waals surface area contributed by atoms with Crippen LogP contribution in [0.4, 0.5) is 0 Å². The van der Waals surface area contributed by atoms with Crippen molar-refractivity contribution in [3.05, 3.63) is 0 Å². The van der Waals surface area contributed by atoms with Crippen LogP contribution in [0.5, 0.6) is 0 Å². The first kappa shape index (κ1) is 19.3. The Bertz CT molecular complexity index is 414. The van der Waals surface area contributed by atoms with Crippen LogP contribution in [-0.2, 0) is 4.74 Å². The lowest BCUT2D eigenvalue weighted by Crippen LogP contribution is -2.60. The number of morpholine rings is 1. The summed E-state index contributed by atoms with van der Waals surface area (Å²) in [5.41, 5.74) is 0.274. The lowest BCUT2D eigenvalue weighted by molar-refractivity contribution is -0.0120. The Morgan fingerprint density at radius 3 is 2.72 bits per heavy atom. The molecule has 3 aliphatic rings. The third-order valence-corrected chi connectivity index (χ3v) is 7.36. The Morgan fingerprint density at radius 1 is 1.24 bits per heavy atom. The van der Waals surface area contributed by atoms with E-state index in [4.69, 9.17) is 4.74 Å². The second kappa shape index (κ2) is 10.0. The number of nitrogens with zero attached hydrogens (tertiary/aromatic N) is 2. The molecule has 25 heavy (non-hydrogen) atoms. The van der Waals surface area contributed by atoms with Gasteiger partial charge in [0.1, 0.15) is 0 Å². The average molecular weight is 369 g/mol. The highest BCUT2D eigenvalue weighted by Gasteiger charge is 2.40. The molecule has 3 fully saturated rings. The number of rotatable bonds is 7. The number of nitrogens with one attached hydrogen (secondary N) is 2. The summed E-state index contributed by atoms with van der Waals surface area (Å²) in [7, 11) is 1.89. The Balaban J connectivity index is 1.40. The first-order chi connectivity index (χ1) is 12.3. The van der Waals surface area contributed by atoms with E-state index in [-0.39, 0.29) is 5.54 Å². The minimum absolute atomic E-state index is 0.274. The standard InChI is InChI=1S/C19H36N4OS/c1-20-18(21-9-4-7-17-5-2-3-6-17)22-15-19(8-14-25-16-19)23-10-12-24-13-11-23/h17H,2-16H2,1H3,(H2,20,21,22). The van der Waals surface area contributed by atoms with E-state index in [1.165, 1.54) is 56.5 Å². The molecule has 0 bridgehead atoms. The quantitative estimate of drug-likeness (QED) is 0.410. The fourth-order valence-corrected chi connectivity index (χ4v) is 5.98. The summed E-state index contributed by atoms with van der Waals surface area (Å²) in [6, 6.07) is 0. The Morgan fingerprint density at radius 2 is 2.04 bits per heavy atom. The molecule has 2 N–H and O–H groups in total. The molecule has 0 spiro atoms. The van der Waals surface area contributed by atoms with Crippen molar-refractivity contribution in [2.75, 3.05) is 57.9 Å². The van der Waals surface area contributed by atoms with Gasteiger partial charge in [-0.15, -0.1) is 0 Å². The van der Waals surface area contributed by atoms with Gasteiger partial charge in [-0.05, 0) is 30.9 Å². The van der Waals surface area contributed by atoms with Crippen LogP contribution in [0.15, 0.2) is 4.99 Å². The lowest BCUT2D eigenvalue weighted by Gasteiger charge is -2.43. The van der Waals surface area contributed by atoms with E-state index in [1.807, 2.05) is 7.05 Å². The number of thioether (sulfide) groups is 1. The maximum absolute atomic E-state index is 5.55. The van der Waals surface area contributed by atoms with Crippen LogP contribution in [0.1, 0.15) is 44.9 Å². The summed E-state index contributed by atoms with van der Waals surface area (Å²) in [5.74, 6) is 4.44. The molecule has 0 aromatic rings. The molecule has 2 heterocycles. The molecule has 1 aliphatic carbocycles. The zero-order valence-electron chi connectivity index (χ0n) is 15.9. The van der Waals surface area contributed by atoms with Gasteiger partial charge in [-0.25, -0.2) is 0 Å². The summed E-state index contributed by atoms with van der Waals surface area (Å²) in [6.07, 6.45) is 9.70. The van der Waals surface area contributed by atoms with Gasteiger partial charge >= 0.3 is 0 Å². The van der Waals surface area contributed by atoms with Gasteiger partial charge in [0.15, 0.2) is 5.96 Å². The normalized spacial score (nSPS) is 29.2. The van der Waals surface area contributed by atoms with Gasteiger partial charge in [-0.2, -0.15) is 11.8 Å². The summed E-state index contributed by atoms with van der Waals surface area (Å²) in [5, 5.41) is 7.15. The highest BCUT2D eigenvalue weighted by Crippen LogP contribution is 2.33. The molecule has 144 valence electrons. The van der Waals surface area contributed by atoms with Crippen LogP contribution >= 0.6 is 11.8 Å². The number of hydrogen-bond acceptors (Lipinski definition) is 4. The molecule has 5 nitrogen and oxygen atoms in total. The van der Waals surface area contributed by atoms with Crippen molar-refractivity contribution >= 4 is 17.7 Å². The fourth-order valence-electron chi connectivity index (χ4n) is 4.50. The molecule has 3 rings (SSSR count). The van der Waals surface area contributed by atoms with Crippen molar-refractivity contribution in [3.63, 3.8) is 0 Å². The zero-order valence-corrected chi connectivity index (χ0v) is 16.7. The van der Waals surface area contributed by atoms with Gasteiger partial charge in [0.2, 0.25) is 0 Å². The highest BCUT2D eigenvalue weighted by molar-refractivity contribution is 7.99. The van der Waals surface area contributed by atoms with Gasteiger partial charge in [0.25, 0.3) is 0 Å². The molecule has 2 saturated heterocycles. The van der Waals surface area contributed by atoms with Crippen molar-refractivity contribution in [1.29, 1.82) is 0 Å². The van der Waals surface area contributed by atoms with Gasteiger partial charge in [-0.3, -0.25) is 9.89 Å². The van der Waals surface area contributed by atoms with E-state index in [0.717, 1.165) is 51.3 Å². The average Bonchev–Trinajstić information content (AvgIpc) is 3.34. The van der Waals surface area contributed by atoms with Crippen LogP contribution < -0.4 is 10.6 Å². The van der Waals surface area contributed by atoms with Crippen LogP contribution in [0, 0.1) is 5.92 Å². The largest absolute Gasteiger partial charge is 0.379 e. The van der Waals surface area contributed by atoms with Gasteiger partial charge in [0, 0.05) is 44.5 Å². The first-order valence-electron chi connectivity index (χ1n) is 10.2. The number of aliphatic imine (C=N–C) groups is 1. The molecule has 6 heteroatoms. The Labute approximate surface area is 157 Å². The summed E-state index contributed by atoms with van der Waals surface area (Å²) in [4.78, 5) is 7.09. The van der Waals surface area contributed by atoms with Gasteiger partial charge in [0.05, 0.1) is 13.2 Å². The second-order valence-corrected chi connectivity index (χ2v) is 8.88. The maximum Gasteiger partial charge on any atom is 0.191 e. The number of ether oxygens (including phenoxy) is 1. The molecule has 2 aliphatic heterocycles. The van der Waals surface area contributed by atoms with Crippen LogP contribution in [0.2, 0.25) is 0 Å². The molecule has 1 atom stereocenters. The minimum atomic E-state index is 0.274. The number of guanidine groups is 1. The predicted molar refractivity (Wildman–Crippen MR) is 108 cm³/mol. The minimum Gasteiger partial charge on any atom is -0.379 e. The van der Waals surface area contributed by atoms with E-state index in [2.05, 4.69) is 32.3 Å². The van der Waals surface area contributed by atoms with Crippen LogP contribution in [0.25, 0.3) is 0 Å². The smallest absolute Gasteiger partial charge is 0.191 e. The van der Waals surface area contributed by atoms with E-state index in [0.29, 0.717) is 0 Å². The molecule has 1 saturated carbocycles. The summed E-state index contributed by atoms with van der Waals surface area (Å²) in [6.45, 7) is 5.91. The summed E-state index contributed by atoms with van der Waals surface area (Å²) >= 11 is 2.09. The van der Waals surface area contributed by atoms with Crippen molar-refractivity contribution in [3.8, 4) is 0 Å². The second-order valence-electron chi connectivity index (χ2n) is 7.77. The predicted octanol–water partition coefficient (Wildman–Crippen LogP) is 2.33. The third kappa shape index (κ3) is 5.51. The SMILES string of the molecule is CN=C(NCCCC1CCCC1)NCC1(N2CCOCC2)CCSC1. The van der Waals surface area contributed by atoms with Crippen LogP contribution in [0.3, 0.4) is 0 Å². The van der Waals surface area contributed by atoms with E-state index >= 15 is 0 Å². The zero-order chi connectivity index (χ0) is 17.4. The fraction of sp³-hybridized carbons (Fsp3) is 0.947. The first-order valence-corrected chi connectivity index (χ1v) is 11.3. The van der Waals surface area contributed by atoms with Gasteiger partial charge < -0.3 is 15.4 Å². The number of hydrogen-bond donors (Lipinski definition) is 2. The van der Waals surface area contributed by atoms with Crippen molar-refractivity contribution in [1.82, 2.24) is 15.5 Å². The van der Waals surface area contributed by atoms with Crippen molar-refractivity contribution in [2.45, 2.75) is 50.5 Å². The molecule has 0 radical (unpaired) electrons. The van der Waals surface area contributed by atoms with Crippen LogP contribution in [-0.4, -0.2) is 74.3 Å². The maximum atomic E-state index is 5.55. The van der Waals surface area contributed by atoms with E-state index < -0.39 is 0 Å². The monoisotopic (exact) mass is 368 g/mol. The van der Waals surface area contributed by atoms with E-state index in [1.54, 1.807) is 0 Å². The molecule has 0 amide bonds. The molecule has 1 unspecified atom stereocenters. The Hall–Kier alpha value is -0.460. The van der Waals surface area contributed by atoms with Gasteiger partial charge in [-0.1, -0.05) is 25.7 Å². The summed E-state index contributed by atoms with van der Waals surface area (Å²) < 4.78 is 5.55. The molecule has 0 aromatic heterocycles. The molecular formula is C19H36N4OS.